The van der Waals surface area contributed by atoms with Crippen LogP contribution in [-0.2, 0) is 16.4 Å². The van der Waals surface area contributed by atoms with E-state index in [4.69, 9.17) is 4.42 Å². The minimum absolute atomic E-state index is 0.101. The highest BCUT2D eigenvalue weighted by Gasteiger charge is 2.28. The van der Waals surface area contributed by atoms with Crippen LogP contribution in [0.2, 0.25) is 0 Å². The third-order valence-corrected chi connectivity index (χ3v) is 6.75. The van der Waals surface area contributed by atoms with Gasteiger partial charge in [0.25, 0.3) is 0 Å². The Kier molecular flexibility index (Phi) is 5.02. The number of sulfone groups is 1. The van der Waals surface area contributed by atoms with E-state index in [1.54, 1.807) is 24.3 Å². The van der Waals surface area contributed by atoms with E-state index in [2.05, 4.69) is 10.3 Å². The van der Waals surface area contributed by atoms with Crippen molar-refractivity contribution in [3.05, 3.63) is 83.2 Å². The van der Waals surface area contributed by atoms with Crippen LogP contribution < -0.4 is 5.32 Å². The summed E-state index contributed by atoms with van der Waals surface area (Å²) < 4.78 is 32.2. The van der Waals surface area contributed by atoms with Gasteiger partial charge in [-0.25, -0.2) is 8.42 Å². The molecule has 0 spiro atoms. The fourth-order valence-electron chi connectivity index (χ4n) is 2.71. The molecule has 0 bridgehead atoms. The van der Waals surface area contributed by atoms with Gasteiger partial charge in [-0.2, -0.15) is 4.98 Å². The van der Waals surface area contributed by atoms with Crippen molar-refractivity contribution in [1.82, 2.24) is 4.98 Å². The molecule has 0 atom stereocenters. The number of thiophene rings is 1. The first kappa shape index (κ1) is 18.5. The van der Waals surface area contributed by atoms with Crippen molar-refractivity contribution in [2.45, 2.75) is 23.4 Å². The second-order valence-electron chi connectivity index (χ2n) is 6.29. The highest BCUT2D eigenvalue weighted by atomic mass is 32.2. The Morgan fingerprint density at radius 3 is 2.43 bits per heavy atom. The summed E-state index contributed by atoms with van der Waals surface area (Å²) in [5, 5.41) is 4.89. The van der Waals surface area contributed by atoms with E-state index >= 15 is 0 Å². The average Bonchev–Trinajstić information content (AvgIpc) is 3.37. The molecule has 5 nitrogen and oxygen atoms in total. The fraction of sp³-hybridized carbons (Fsp3) is 0.0952. The fourth-order valence-corrected chi connectivity index (χ4v) is 4.64. The van der Waals surface area contributed by atoms with Gasteiger partial charge in [-0.3, -0.25) is 0 Å². The molecule has 0 fully saturated rings. The summed E-state index contributed by atoms with van der Waals surface area (Å²) in [6, 6.07) is 20.1. The van der Waals surface area contributed by atoms with Crippen LogP contribution in [0.1, 0.15) is 11.1 Å². The van der Waals surface area contributed by atoms with Crippen LogP contribution in [0.3, 0.4) is 0 Å². The van der Waals surface area contributed by atoms with Crippen LogP contribution in [-0.4, -0.2) is 13.4 Å². The molecule has 2 heterocycles. The Labute approximate surface area is 167 Å². The molecule has 7 heteroatoms. The number of nitrogens with zero attached hydrogens (tertiary/aromatic N) is 1. The molecule has 0 aliphatic carbocycles. The Bertz CT molecular complexity index is 1160. The van der Waals surface area contributed by atoms with Crippen LogP contribution in [0, 0.1) is 6.92 Å². The monoisotopic (exact) mass is 410 g/mol. The molecule has 4 rings (SSSR count). The third kappa shape index (κ3) is 3.72. The summed E-state index contributed by atoms with van der Waals surface area (Å²) in [5.41, 5.74) is 2.00. The SMILES string of the molecule is Cc1ccc(S(=O)(=O)c2nc(-c3cccs3)oc2NCc2ccccc2)cc1. The summed E-state index contributed by atoms with van der Waals surface area (Å²) in [7, 11) is -3.82. The second kappa shape index (κ2) is 7.61. The molecule has 142 valence electrons. The lowest BCUT2D eigenvalue weighted by atomic mass is 10.2. The average molecular weight is 411 g/mol. The molecule has 28 heavy (non-hydrogen) atoms. The van der Waals surface area contributed by atoms with E-state index in [0.29, 0.717) is 6.54 Å². The lowest BCUT2D eigenvalue weighted by Gasteiger charge is -2.06. The van der Waals surface area contributed by atoms with Gasteiger partial charge in [0, 0.05) is 6.54 Å². The molecule has 0 aliphatic heterocycles. The number of benzene rings is 2. The van der Waals surface area contributed by atoms with Crippen molar-refractivity contribution < 1.29 is 12.8 Å². The lowest BCUT2D eigenvalue weighted by Crippen LogP contribution is -2.07. The predicted molar refractivity (Wildman–Crippen MR) is 110 cm³/mol. The van der Waals surface area contributed by atoms with Gasteiger partial charge < -0.3 is 9.73 Å². The molecule has 0 amide bonds. The highest BCUT2D eigenvalue weighted by molar-refractivity contribution is 7.91. The summed E-state index contributed by atoms with van der Waals surface area (Å²) in [5.74, 6) is 0.434. The molecule has 0 saturated carbocycles. The zero-order valence-electron chi connectivity index (χ0n) is 15.1. The minimum atomic E-state index is -3.82. The lowest BCUT2D eigenvalue weighted by molar-refractivity contribution is 0.577. The van der Waals surface area contributed by atoms with Crippen molar-refractivity contribution >= 4 is 27.1 Å². The Morgan fingerprint density at radius 2 is 1.75 bits per heavy atom. The van der Waals surface area contributed by atoms with Crippen LogP contribution in [0.15, 0.2) is 86.4 Å². The van der Waals surface area contributed by atoms with Crippen molar-refractivity contribution in [1.29, 1.82) is 0 Å². The van der Waals surface area contributed by atoms with Crippen molar-refractivity contribution in [2.75, 3.05) is 5.32 Å². The number of rotatable bonds is 6. The number of aromatic nitrogens is 1. The molecule has 4 aromatic rings. The van der Waals surface area contributed by atoms with E-state index in [9.17, 15) is 8.42 Å². The molecule has 0 unspecified atom stereocenters. The van der Waals surface area contributed by atoms with Crippen molar-refractivity contribution in [2.24, 2.45) is 0 Å². The molecular formula is C21H18N2O3S2. The molecule has 1 N–H and O–H groups in total. The van der Waals surface area contributed by atoms with Gasteiger partial charge >= 0.3 is 0 Å². The van der Waals surface area contributed by atoms with E-state index in [-0.39, 0.29) is 21.7 Å². The van der Waals surface area contributed by atoms with Gasteiger partial charge in [0.05, 0.1) is 9.77 Å². The maximum absolute atomic E-state index is 13.2. The van der Waals surface area contributed by atoms with Crippen molar-refractivity contribution in [3.8, 4) is 10.8 Å². The van der Waals surface area contributed by atoms with E-state index < -0.39 is 9.84 Å². The predicted octanol–water partition coefficient (Wildman–Crippen LogP) is 5.16. The van der Waals surface area contributed by atoms with Gasteiger partial charge in [0.2, 0.25) is 26.6 Å². The molecule has 2 aromatic heterocycles. The zero-order chi connectivity index (χ0) is 19.6. The van der Waals surface area contributed by atoms with Crippen LogP contribution in [0.4, 0.5) is 5.88 Å². The summed E-state index contributed by atoms with van der Waals surface area (Å²) >= 11 is 1.44. The molecule has 2 aromatic carbocycles. The maximum Gasteiger partial charge on any atom is 0.240 e. The first-order valence-electron chi connectivity index (χ1n) is 8.68. The summed E-state index contributed by atoms with van der Waals surface area (Å²) in [4.78, 5) is 5.29. The number of hydrogen-bond donors (Lipinski definition) is 1. The zero-order valence-corrected chi connectivity index (χ0v) is 16.8. The van der Waals surface area contributed by atoms with Gasteiger partial charge in [0.15, 0.2) is 0 Å². The number of hydrogen-bond acceptors (Lipinski definition) is 6. The number of oxazole rings is 1. The molecule has 0 saturated heterocycles. The summed E-state index contributed by atoms with van der Waals surface area (Å²) in [6.45, 7) is 2.34. The standard InChI is InChI=1S/C21H18N2O3S2/c1-15-9-11-17(12-10-15)28(24,25)21-20(22-14-16-6-3-2-4-7-16)26-19(23-21)18-8-5-13-27-18/h2-13,22H,14H2,1H3. The van der Waals surface area contributed by atoms with E-state index in [0.717, 1.165) is 16.0 Å². The van der Waals surface area contributed by atoms with Gasteiger partial charge in [-0.05, 0) is 36.1 Å². The number of anilines is 1. The van der Waals surface area contributed by atoms with Crippen LogP contribution in [0.25, 0.3) is 10.8 Å². The maximum atomic E-state index is 13.2. The Hall–Kier alpha value is -2.90. The smallest absolute Gasteiger partial charge is 0.240 e. The summed E-state index contributed by atoms with van der Waals surface area (Å²) in [6.07, 6.45) is 0. The van der Waals surface area contributed by atoms with Gasteiger partial charge in [-0.1, -0.05) is 54.1 Å². The Morgan fingerprint density at radius 1 is 1.00 bits per heavy atom. The van der Waals surface area contributed by atoms with E-state index in [1.807, 2.05) is 54.8 Å². The molecule has 0 radical (unpaired) electrons. The first-order chi connectivity index (χ1) is 13.5. The van der Waals surface area contributed by atoms with Gasteiger partial charge in [0.1, 0.15) is 0 Å². The minimum Gasteiger partial charge on any atom is -0.418 e. The largest absolute Gasteiger partial charge is 0.418 e. The first-order valence-corrected chi connectivity index (χ1v) is 11.0. The molecular weight excluding hydrogens is 392 g/mol. The topological polar surface area (TPSA) is 72.2 Å². The highest BCUT2D eigenvalue weighted by Crippen LogP contribution is 2.34. The second-order valence-corrected chi connectivity index (χ2v) is 9.10. The molecule has 0 aliphatic rings. The van der Waals surface area contributed by atoms with Gasteiger partial charge in [-0.15, -0.1) is 11.3 Å². The normalized spacial score (nSPS) is 11.5. The van der Waals surface area contributed by atoms with E-state index in [1.165, 1.54) is 11.3 Å². The number of nitrogens with one attached hydrogen (secondary N) is 1. The Balaban J connectivity index is 1.74. The number of aryl methyl sites for hydroxylation is 1. The van der Waals surface area contributed by atoms with Crippen LogP contribution in [0.5, 0.6) is 0 Å². The van der Waals surface area contributed by atoms with Crippen LogP contribution >= 0.6 is 11.3 Å². The van der Waals surface area contributed by atoms with Crippen molar-refractivity contribution in [3.63, 3.8) is 0 Å². The quantitative estimate of drug-likeness (QED) is 0.475. The third-order valence-electron chi connectivity index (χ3n) is 4.21.